The Hall–Kier alpha value is -2.37. The van der Waals surface area contributed by atoms with Crippen LogP contribution in [0.3, 0.4) is 0 Å². The largest absolute Gasteiger partial charge is 0.506 e. The highest BCUT2D eigenvalue weighted by Crippen LogP contribution is 2.11. The third kappa shape index (κ3) is 3.09. The van der Waals surface area contributed by atoms with Gasteiger partial charge in [0, 0.05) is 0 Å². The fourth-order valence-electron chi connectivity index (χ4n) is 0.952. The zero-order chi connectivity index (χ0) is 12.0. The van der Waals surface area contributed by atoms with Crippen molar-refractivity contribution in [3.63, 3.8) is 0 Å². The second kappa shape index (κ2) is 5.50. The SMILES string of the molecule is O=N/C(C(=O)O)=C(\O)COc1ccccc1. The molecule has 1 aromatic rings. The van der Waals surface area contributed by atoms with Gasteiger partial charge in [-0.3, -0.25) is 0 Å². The number of nitrogens with zero attached hydrogens (tertiary/aromatic N) is 1. The maximum absolute atomic E-state index is 10.4. The molecule has 6 heteroatoms. The topological polar surface area (TPSA) is 96.2 Å². The smallest absolute Gasteiger partial charge is 0.361 e. The Morgan fingerprint density at radius 1 is 1.25 bits per heavy atom. The van der Waals surface area contributed by atoms with Crippen LogP contribution in [0.4, 0.5) is 0 Å². The molecule has 0 aromatic heterocycles. The number of carboxylic acids is 1. The highest BCUT2D eigenvalue weighted by atomic mass is 16.5. The van der Waals surface area contributed by atoms with Crippen LogP contribution >= 0.6 is 0 Å². The molecule has 0 fully saturated rings. The Kier molecular flexibility index (Phi) is 4.02. The summed E-state index contributed by atoms with van der Waals surface area (Å²) in [5.41, 5.74) is -0.948. The fourth-order valence-corrected chi connectivity index (χ4v) is 0.952. The Morgan fingerprint density at radius 2 is 1.88 bits per heavy atom. The summed E-state index contributed by atoms with van der Waals surface area (Å²) in [5, 5.41) is 19.9. The molecular formula is C10H9NO5. The van der Waals surface area contributed by atoms with Crippen molar-refractivity contribution in [2.45, 2.75) is 0 Å². The Bertz CT molecular complexity index is 412. The minimum absolute atomic E-state index is 0.419. The second-order valence-corrected chi connectivity index (χ2v) is 2.79. The molecule has 1 rings (SSSR count). The van der Waals surface area contributed by atoms with Gasteiger partial charge in [-0.15, -0.1) is 4.91 Å². The lowest BCUT2D eigenvalue weighted by Crippen LogP contribution is -2.08. The van der Waals surface area contributed by atoms with Crippen LogP contribution in [0.1, 0.15) is 0 Å². The van der Waals surface area contributed by atoms with Crippen LogP contribution in [0.5, 0.6) is 5.75 Å². The van der Waals surface area contributed by atoms with E-state index in [-0.39, 0.29) is 0 Å². The predicted octanol–water partition coefficient (Wildman–Crippen LogP) is 1.69. The number of rotatable bonds is 5. The van der Waals surface area contributed by atoms with Crippen molar-refractivity contribution in [1.82, 2.24) is 0 Å². The molecule has 16 heavy (non-hydrogen) atoms. The van der Waals surface area contributed by atoms with Gasteiger partial charge in [-0.05, 0) is 17.3 Å². The van der Waals surface area contributed by atoms with Crippen molar-refractivity contribution in [3.8, 4) is 5.75 Å². The van der Waals surface area contributed by atoms with Crippen LogP contribution in [0.15, 0.2) is 47.0 Å². The van der Waals surface area contributed by atoms with E-state index in [0.29, 0.717) is 5.75 Å². The molecule has 0 aliphatic carbocycles. The van der Waals surface area contributed by atoms with Gasteiger partial charge in [0.15, 0.2) is 5.76 Å². The number of aliphatic hydroxyl groups excluding tert-OH is 1. The molecule has 0 atom stereocenters. The Morgan fingerprint density at radius 3 is 2.38 bits per heavy atom. The van der Waals surface area contributed by atoms with Crippen molar-refractivity contribution in [3.05, 3.63) is 46.7 Å². The molecule has 6 nitrogen and oxygen atoms in total. The Balaban J connectivity index is 2.68. The average Bonchev–Trinajstić information content (AvgIpc) is 2.28. The van der Waals surface area contributed by atoms with Crippen molar-refractivity contribution in [2.75, 3.05) is 6.61 Å². The van der Waals surface area contributed by atoms with Gasteiger partial charge in [0.05, 0.1) is 0 Å². The molecule has 0 spiro atoms. The van der Waals surface area contributed by atoms with Crippen molar-refractivity contribution < 1.29 is 19.7 Å². The first-order valence-corrected chi connectivity index (χ1v) is 4.31. The molecule has 0 unspecified atom stereocenters. The Labute approximate surface area is 90.8 Å². The lowest BCUT2D eigenvalue weighted by atomic mass is 10.3. The normalized spacial score (nSPS) is 11.5. The molecule has 2 N–H and O–H groups in total. The zero-order valence-electron chi connectivity index (χ0n) is 8.16. The van der Waals surface area contributed by atoms with Crippen LogP contribution in [-0.2, 0) is 4.79 Å². The van der Waals surface area contributed by atoms with Gasteiger partial charge in [0.2, 0.25) is 5.70 Å². The molecule has 0 aliphatic rings. The molecule has 84 valence electrons. The number of hydrogen-bond acceptors (Lipinski definition) is 5. The number of nitroso groups, excluding NO2 is 1. The lowest BCUT2D eigenvalue weighted by Gasteiger charge is -2.05. The maximum Gasteiger partial charge on any atom is 0.361 e. The van der Waals surface area contributed by atoms with Crippen molar-refractivity contribution >= 4 is 5.97 Å². The second-order valence-electron chi connectivity index (χ2n) is 2.79. The van der Waals surface area contributed by atoms with E-state index in [0.717, 1.165) is 0 Å². The predicted molar refractivity (Wildman–Crippen MR) is 55.0 cm³/mol. The first kappa shape index (κ1) is 11.7. The number of carbonyl (C=O) groups is 1. The number of aliphatic carboxylic acids is 1. The van der Waals surface area contributed by atoms with Gasteiger partial charge >= 0.3 is 5.97 Å². The first-order valence-electron chi connectivity index (χ1n) is 4.31. The number of ether oxygens (including phenoxy) is 1. The summed E-state index contributed by atoms with van der Waals surface area (Å²) in [5.74, 6) is -1.86. The molecular weight excluding hydrogens is 214 g/mol. The summed E-state index contributed by atoms with van der Waals surface area (Å²) < 4.78 is 5.03. The van der Waals surface area contributed by atoms with E-state index in [1.807, 2.05) is 0 Å². The molecule has 0 radical (unpaired) electrons. The fraction of sp³-hybridized carbons (Fsp3) is 0.100. The van der Waals surface area contributed by atoms with Crippen LogP contribution in [-0.4, -0.2) is 22.8 Å². The molecule has 1 aromatic carbocycles. The maximum atomic E-state index is 10.4. The molecule has 0 saturated heterocycles. The van der Waals surface area contributed by atoms with E-state index in [1.165, 1.54) is 0 Å². The lowest BCUT2D eigenvalue weighted by molar-refractivity contribution is -0.132. The van der Waals surface area contributed by atoms with Gasteiger partial charge in [0.25, 0.3) is 0 Å². The highest BCUT2D eigenvalue weighted by Gasteiger charge is 2.15. The van der Waals surface area contributed by atoms with Crippen LogP contribution in [0.2, 0.25) is 0 Å². The number of para-hydroxylation sites is 1. The van der Waals surface area contributed by atoms with Crippen molar-refractivity contribution in [2.24, 2.45) is 5.18 Å². The van der Waals surface area contributed by atoms with Gasteiger partial charge in [0.1, 0.15) is 12.4 Å². The van der Waals surface area contributed by atoms with E-state index >= 15 is 0 Å². The molecule has 0 amide bonds. The number of carboxylic acid groups (broad SMARTS) is 1. The summed E-state index contributed by atoms with van der Waals surface area (Å²) in [6.07, 6.45) is 0. The van der Waals surface area contributed by atoms with Gasteiger partial charge in [-0.1, -0.05) is 18.2 Å². The van der Waals surface area contributed by atoms with Crippen LogP contribution in [0.25, 0.3) is 0 Å². The van der Waals surface area contributed by atoms with Gasteiger partial charge in [-0.2, -0.15) is 0 Å². The van der Waals surface area contributed by atoms with Crippen LogP contribution in [0, 0.1) is 4.91 Å². The average molecular weight is 223 g/mol. The first-order chi connectivity index (χ1) is 7.65. The summed E-state index contributed by atoms with van der Waals surface area (Å²) in [6.45, 7) is -0.419. The molecule has 0 aliphatic heterocycles. The number of benzene rings is 1. The van der Waals surface area contributed by atoms with Crippen LogP contribution < -0.4 is 4.74 Å². The molecule has 0 heterocycles. The minimum atomic E-state index is -1.59. The summed E-state index contributed by atoms with van der Waals surface area (Å²) >= 11 is 0. The minimum Gasteiger partial charge on any atom is -0.506 e. The number of aliphatic hydroxyl groups is 1. The molecule has 0 bridgehead atoms. The van der Waals surface area contributed by atoms with Crippen molar-refractivity contribution in [1.29, 1.82) is 0 Å². The van der Waals surface area contributed by atoms with E-state index in [1.54, 1.807) is 30.3 Å². The van der Waals surface area contributed by atoms with E-state index in [9.17, 15) is 14.8 Å². The monoisotopic (exact) mass is 223 g/mol. The number of hydrogen-bond donors (Lipinski definition) is 2. The zero-order valence-corrected chi connectivity index (χ0v) is 8.16. The summed E-state index contributed by atoms with van der Waals surface area (Å²) in [7, 11) is 0. The highest BCUT2D eigenvalue weighted by molar-refractivity contribution is 5.86. The third-order valence-corrected chi connectivity index (χ3v) is 1.69. The van der Waals surface area contributed by atoms with Gasteiger partial charge in [-0.25, -0.2) is 4.79 Å². The van der Waals surface area contributed by atoms with Gasteiger partial charge < -0.3 is 14.9 Å². The van der Waals surface area contributed by atoms with E-state index in [2.05, 4.69) is 5.18 Å². The summed E-state index contributed by atoms with van der Waals surface area (Å²) in [6, 6.07) is 8.46. The van der Waals surface area contributed by atoms with E-state index < -0.39 is 24.0 Å². The van der Waals surface area contributed by atoms with E-state index in [4.69, 9.17) is 9.84 Å². The summed E-state index contributed by atoms with van der Waals surface area (Å²) in [4.78, 5) is 20.5. The quantitative estimate of drug-likeness (QED) is 0.449. The third-order valence-electron chi connectivity index (χ3n) is 1.69. The standard InChI is InChI=1S/C10H9NO5/c12-8(9(11-15)10(13)14)6-16-7-4-2-1-3-5-7/h1-5,12H,6H2,(H,13,14)/b9-8-. The molecule has 0 saturated carbocycles.